The molecule has 1 fully saturated rings. The number of aromatic nitrogens is 2. The topological polar surface area (TPSA) is 112 Å². The van der Waals surface area contributed by atoms with Gasteiger partial charge in [-0.25, -0.2) is 8.42 Å². The first-order valence-electron chi connectivity index (χ1n) is 9.61. The van der Waals surface area contributed by atoms with Gasteiger partial charge >= 0.3 is 0 Å². The number of amides is 1. The molecule has 2 heterocycles. The number of sulfone groups is 1. The molecule has 0 spiro atoms. The van der Waals surface area contributed by atoms with Gasteiger partial charge in [-0.1, -0.05) is 23.4 Å². The lowest BCUT2D eigenvalue weighted by atomic mass is 10.2. The Hall–Kier alpha value is -3.24. The summed E-state index contributed by atoms with van der Waals surface area (Å²) in [6, 6.07) is 14.8. The van der Waals surface area contributed by atoms with Gasteiger partial charge in [-0.2, -0.15) is 4.98 Å². The molecule has 1 aliphatic rings. The van der Waals surface area contributed by atoms with E-state index < -0.39 is 15.9 Å². The van der Waals surface area contributed by atoms with Crippen LogP contribution in [0.4, 0.5) is 0 Å². The number of ether oxygens (including phenoxy) is 2. The largest absolute Gasteiger partial charge is 0.484 e. The Bertz CT molecular complexity index is 1150. The van der Waals surface area contributed by atoms with E-state index in [2.05, 4.69) is 10.1 Å². The molecule has 9 nitrogen and oxygen atoms in total. The van der Waals surface area contributed by atoms with Crippen LogP contribution in [0.2, 0.25) is 0 Å². The molecule has 1 unspecified atom stereocenters. The molecule has 0 radical (unpaired) electrons. The molecule has 0 saturated carbocycles. The lowest BCUT2D eigenvalue weighted by Gasteiger charge is -2.33. The maximum absolute atomic E-state index is 12.8. The number of nitrogens with zero attached hydrogens (tertiary/aromatic N) is 3. The Kier molecular flexibility index (Phi) is 6.01. The van der Waals surface area contributed by atoms with Gasteiger partial charge < -0.3 is 18.9 Å². The summed E-state index contributed by atoms with van der Waals surface area (Å²) in [5.41, 5.74) is 0.601. The summed E-state index contributed by atoms with van der Waals surface area (Å²) in [5.74, 6) is 0.941. The average Bonchev–Trinajstić information content (AvgIpc) is 3.28. The predicted octanol–water partition coefficient (Wildman–Crippen LogP) is 2.12. The van der Waals surface area contributed by atoms with Crippen LogP contribution in [0.3, 0.4) is 0 Å². The zero-order valence-electron chi connectivity index (χ0n) is 16.8. The summed E-state index contributed by atoms with van der Waals surface area (Å²) in [5, 5.41) is 3.98. The van der Waals surface area contributed by atoms with Crippen LogP contribution in [0, 0.1) is 0 Å². The number of benzene rings is 2. The van der Waals surface area contributed by atoms with Crippen molar-refractivity contribution in [1.29, 1.82) is 0 Å². The summed E-state index contributed by atoms with van der Waals surface area (Å²) < 4.78 is 39.7. The highest BCUT2D eigenvalue weighted by molar-refractivity contribution is 7.90. The third-order valence-corrected chi connectivity index (χ3v) is 5.95. The van der Waals surface area contributed by atoms with E-state index in [9.17, 15) is 13.2 Å². The Morgan fingerprint density at radius 3 is 2.61 bits per heavy atom. The minimum atomic E-state index is -3.29. The second-order valence-corrected chi connectivity index (χ2v) is 9.05. The molecule has 0 aliphatic carbocycles. The van der Waals surface area contributed by atoms with Crippen LogP contribution in [0.5, 0.6) is 5.75 Å². The van der Waals surface area contributed by atoms with Crippen molar-refractivity contribution in [2.24, 2.45) is 0 Å². The molecule has 162 valence electrons. The fourth-order valence-corrected chi connectivity index (χ4v) is 3.82. The monoisotopic (exact) mass is 443 g/mol. The molecule has 1 saturated heterocycles. The average molecular weight is 443 g/mol. The lowest BCUT2D eigenvalue weighted by Crippen LogP contribution is -2.45. The van der Waals surface area contributed by atoms with Gasteiger partial charge in [0.15, 0.2) is 16.4 Å². The van der Waals surface area contributed by atoms with Gasteiger partial charge in [-0.3, -0.25) is 4.79 Å². The molecule has 4 rings (SSSR count). The van der Waals surface area contributed by atoms with Crippen molar-refractivity contribution in [3.8, 4) is 17.1 Å². The van der Waals surface area contributed by atoms with Gasteiger partial charge in [0.25, 0.3) is 11.8 Å². The second kappa shape index (κ2) is 8.86. The van der Waals surface area contributed by atoms with Crippen LogP contribution in [0.25, 0.3) is 11.4 Å². The maximum atomic E-state index is 12.8. The molecule has 3 aromatic rings. The van der Waals surface area contributed by atoms with E-state index in [0.717, 1.165) is 6.26 Å². The van der Waals surface area contributed by atoms with E-state index in [0.29, 0.717) is 30.3 Å². The standard InChI is InChI=1S/C21H21N3O6S/c1-31(26,27)17-9-7-15(8-10-17)20-22-21(30-23-20)18-13-28-12-11-24(18)19(25)14-29-16-5-3-2-4-6-16/h2-10,18H,11-14H2,1H3. The normalized spacial score (nSPS) is 16.8. The fourth-order valence-electron chi connectivity index (χ4n) is 3.19. The summed E-state index contributed by atoms with van der Waals surface area (Å²) >= 11 is 0. The third-order valence-electron chi connectivity index (χ3n) is 4.82. The zero-order valence-corrected chi connectivity index (χ0v) is 17.6. The summed E-state index contributed by atoms with van der Waals surface area (Å²) in [7, 11) is -3.29. The van der Waals surface area contributed by atoms with Gasteiger partial charge in [-0.15, -0.1) is 0 Å². The molecular formula is C21H21N3O6S. The Labute approximate surface area is 179 Å². The molecular weight excluding hydrogens is 422 g/mol. The smallest absolute Gasteiger partial charge is 0.261 e. The molecule has 10 heteroatoms. The molecule has 2 aromatic carbocycles. The summed E-state index contributed by atoms with van der Waals surface area (Å²) in [6.07, 6.45) is 1.14. The SMILES string of the molecule is CS(=O)(=O)c1ccc(-c2noc(C3COCCN3C(=O)COc3ccccc3)n2)cc1. The summed E-state index contributed by atoms with van der Waals surface area (Å²) in [6.45, 7) is 0.893. The number of rotatable bonds is 6. The minimum absolute atomic E-state index is 0.117. The minimum Gasteiger partial charge on any atom is -0.484 e. The first-order chi connectivity index (χ1) is 14.9. The van der Waals surface area contributed by atoms with Crippen LogP contribution in [0.15, 0.2) is 64.0 Å². The van der Waals surface area contributed by atoms with Crippen molar-refractivity contribution in [2.75, 3.05) is 32.6 Å². The fraction of sp³-hybridized carbons (Fsp3) is 0.286. The maximum Gasteiger partial charge on any atom is 0.261 e. The number of para-hydroxylation sites is 1. The zero-order chi connectivity index (χ0) is 21.8. The molecule has 1 atom stereocenters. The highest BCUT2D eigenvalue weighted by Crippen LogP contribution is 2.26. The Morgan fingerprint density at radius 1 is 1.16 bits per heavy atom. The molecule has 31 heavy (non-hydrogen) atoms. The number of carbonyl (C=O) groups excluding carboxylic acids is 1. The van der Waals surface area contributed by atoms with Crippen LogP contribution >= 0.6 is 0 Å². The molecule has 1 aliphatic heterocycles. The first kappa shape index (κ1) is 21.0. The van der Waals surface area contributed by atoms with Crippen molar-refractivity contribution < 1.29 is 27.2 Å². The van der Waals surface area contributed by atoms with E-state index in [-0.39, 0.29) is 29.9 Å². The van der Waals surface area contributed by atoms with E-state index in [4.69, 9.17) is 14.0 Å². The number of hydrogen-bond donors (Lipinski definition) is 0. The number of hydrogen-bond acceptors (Lipinski definition) is 8. The van der Waals surface area contributed by atoms with Gasteiger partial charge in [-0.05, 0) is 36.4 Å². The predicted molar refractivity (Wildman–Crippen MR) is 110 cm³/mol. The van der Waals surface area contributed by atoms with Crippen molar-refractivity contribution in [3.63, 3.8) is 0 Å². The Morgan fingerprint density at radius 2 is 1.90 bits per heavy atom. The van der Waals surface area contributed by atoms with E-state index in [1.165, 1.54) is 12.1 Å². The van der Waals surface area contributed by atoms with Crippen molar-refractivity contribution >= 4 is 15.7 Å². The Balaban J connectivity index is 1.48. The van der Waals surface area contributed by atoms with Gasteiger partial charge in [0.1, 0.15) is 11.8 Å². The van der Waals surface area contributed by atoms with Crippen molar-refractivity contribution in [2.45, 2.75) is 10.9 Å². The molecule has 1 amide bonds. The van der Waals surface area contributed by atoms with E-state index in [1.807, 2.05) is 18.2 Å². The molecule has 0 bridgehead atoms. The highest BCUT2D eigenvalue weighted by atomic mass is 32.2. The van der Waals surface area contributed by atoms with Crippen LogP contribution < -0.4 is 4.74 Å². The molecule has 1 aromatic heterocycles. The van der Waals surface area contributed by atoms with Crippen LogP contribution in [-0.4, -0.2) is 62.0 Å². The number of morpholine rings is 1. The lowest BCUT2D eigenvalue weighted by molar-refractivity contribution is -0.143. The first-order valence-corrected chi connectivity index (χ1v) is 11.5. The van der Waals surface area contributed by atoms with E-state index >= 15 is 0 Å². The third kappa shape index (κ3) is 4.92. The summed E-state index contributed by atoms with van der Waals surface area (Å²) in [4.78, 5) is 19.0. The van der Waals surface area contributed by atoms with Crippen molar-refractivity contribution in [3.05, 3.63) is 60.5 Å². The van der Waals surface area contributed by atoms with Crippen LogP contribution in [-0.2, 0) is 19.4 Å². The molecule has 0 N–H and O–H groups in total. The second-order valence-electron chi connectivity index (χ2n) is 7.03. The van der Waals surface area contributed by atoms with Gasteiger partial charge in [0, 0.05) is 18.4 Å². The van der Waals surface area contributed by atoms with Gasteiger partial charge in [0.2, 0.25) is 5.82 Å². The van der Waals surface area contributed by atoms with Crippen LogP contribution in [0.1, 0.15) is 11.9 Å². The highest BCUT2D eigenvalue weighted by Gasteiger charge is 2.33. The number of carbonyl (C=O) groups is 1. The van der Waals surface area contributed by atoms with Gasteiger partial charge in [0.05, 0.1) is 18.1 Å². The van der Waals surface area contributed by atoms with E-state index in [1.54, 1.807) is 29.2 Å². The van der Waals surface area contributed by atoms with Crippen molar-refractivity contribution in [1.82, 2.24) is 15.0 Å². The quantitative estimate of drug-likeness (QED) is 0.570.